The van der Waals surface area contributed by atoms with Crippen molar-refractivity contribution in [2.45, 2.75) is 63.6 Å². The molecule has 0 radical (unpaired) electrons. The molecule has 4 aliphatic carbocycles. The average molecular weight is 525 g/mol. The Hall–Kier alpha value is -1.98. The maximum Gasteiger partial charge on any atom is 0.352 e. The first kappa shape index (κ1) is 24.7. The lowest BCUT2D eigenvalue weighted by Gasteiger charge is -2.63. The highest BCUT2D eigenvalue weighted by Gasteiger charge is 2.78. The Bertz CT molecular complexity index is 1170. The number of ether oxygens (including phenoxy) is 1. The van der Waals surface area contributed by atoms with Gasteiger partial charge < -0.3 is 9.84 Å². The number of fused-ring (bicyclic) bond motifs is 5. The SMILES string of the molecule is C[C@@H]1C[C@H]2[C@@H]3C[C@H](F)C4=CC(=O)C=C[C@]4(C)[C@@]3(F)[C@@H](O)C[C@]2(C)[C@@]1(OC(=O)c1cnns1)C(=O)S. The molecule has 3 fully saturated rings. The fourth-order valence-corrected chi connectivity index (χ4v) is 8.61. The number of aromatic nitrogens is 2. The van der Waals surface area contributed by atoms with Gasteiger partial charge in [0.15, 0.2) is 21.9 Å². The van der Waals surface area contributed by atoms with Crippen LogP contribution in [0.4, 0.5) is 8.78 Å². The fraction of sp³-hybridized carbons (Fsp3) is 0.625. The molecule has 188 valence electrons. The van der Waals surface area contributed by atoms with Crippen LogP contribution >= 0.6 is 24.2 Å². The summed E-state index contributed by atoms with van der Waals surface area (Å²) in [5, 5.41) is 14.3. The van der Waals surface area contributed by atoms with Gasteiger partial charge in [-0.25, -0.2) is 13.6 Å². The zero-order valence-corrected chi connectivity index (χ0v) is 21.1. The molecule has 0 aromatic carbocycles. The molecule has 7 nitrogen and oxygen atoms in total. The highest BCUT2D eigenvalue weighted by molar-refractivity contribution is 7.96. The molecule has 4 aliphatic rings. The highest BCUT2D eigenvalue weighted by Crippen LogP contribution is 2.71. The number of aliphatic hydroxyl groups is 1. The van der Waals surface area contributed by atoms with Crippen molar-refractivity contribution in [2.75, 3.05) is 0 Å². The lowest BCUT2D eigenvalue weighted by Crippen LogP contribution is -2.70. The molecule has 0 amide bonds. The summed E-state index contributed by atoms with van der Waals surface area (Å²) in [6, 6.07) is 0. The van der Waals surface area contributed by atoms with E-state index in [0.29, 0.717) is 0 Å². The first-order chi connectivity index (χ1) is 16.3. The molecule has 0 bridgehead atoms. The van der Waals surface area contributed by atoms with Gasteiger partial charge in [-0.05, 0) is 61.4 Å². The summed E-state index contributed by atoms with van der Waals surface area (Å²) in [5.41, 5.74) is -6.79. The fourth-order valence-electron chi connectivity index (χ4n) is 7.69. The van der Waals surface area contributed by atoms with Crippen LogP contribution in [0.15, 0.2) is 30.0 Å². The number of aliphatic hydroxyl groups excluding tert-OH is 1. The van der Waals surface area contributed by atoms with E-state index in [-0.39, 0.29) is 29.7 Å². The van der Waals surface area contributed by atoms with Gasteiger partial charge in [-0.15, -0.1) is 17.7 Å². The van der Waals surface area contributed by atoms with Crippen LogP contribution in [0.25, 0.3) is 0 Å². The van der Waals surface area contributed by atoms with Crippen LogP contribution in [0.5, 0.6) is 0 Å². The molecule has 1 aromatic heterocycles. The normalized spacial score (nSPS) is 46.3. The molecular formula is C24H26F2N2O5S2. The number of hydrogen-bond acceptors (Lipinski definition) is 8. The number of rotatable bonds is 3. The number of halogens is 2. The van der Waals surface area contributed by atoms with Gasteiger partial charge >= 0.3 is 5.97 Å². The number of hydrogen-bond donors (Lipinski definition) is 2. The predicted octanol–water partition coefficient (Wildman–Crippen LogP) is 3.45. The third kappa shape index (κ3) is 2.94. The van der Waals surface area contributed by atoms with Gasteiger partial charge in [0.2, 0.25) is 5.12 Å². The van der Waals surface area contributed by atoms with Crippen molar-refractivity contribution < 1.29 is 33.0 Å². The summed E-state index contributed by atoms with van der Waals surface area (Å²) in [4.78, 5) is 38.2. The minimum atomic E-state index is -2.29. The molecule has 0 saturated heterocycles. The zero-order chi connectivity index (χ0) is 25.6. The second kappa shape index (κ2) is 7.76. The van der Waals surface area contributed by atoms with E-state index >= 15 is 8.78 Å². The second-order valence-electron chi connectivity index (χ2n) is 10.7. The smallest absolute Gasteiger partial charge is 0.352 e. The molecule has 0 spiro atoms. The van der Waals surface area contributed by atoms with Gasteiger partial charge in [-0.3, -0.25) is 9.59 Å². The number of allylic oxidation sites excluding steroid dienone is 4. The molecule has 1 heterocycles. The van der Waals surface area contributed by atoms with Crippen LogP contribution < -0.4 is 0 Å². The Labute approximate surface area is 210 Å². The maximum atomic E-state index is 17.3. The van der Waals surface area contributed by atoms with Crippen molar-refractivity contribution in [1.29, 1.82) is 0 Å². The Morgan fingerprint density at radius 1 is 1.29 bits per heavy atom. The molecule has 9 atom stereocenters. The van der Waals surface area contributed by atoms with E-state index in [2.05, 4.69) is 22.2 Å². The minimum absolute atomic E-state index is 0.0260. The standard InChI is InChI=1S/C24H26F2N2O5S2/c1-11-6-13-14-8-16(25)15-7-12(29)4-5-21(15,2)23(14,26)18(30)9-22(13,3)24(11,20(32)34)33-19(31)17-10-27-28-35-17/h4-5,7,10-11,13-14,16,18,30H,6,8-9H2,1-3H3,(H,32,34)/t11-,13+,14+,16+,18+,21+,22+,23+,24+/m1/s1. The number of alkyl halides is 2. The lowest BCUT2D eigenvalue weighted by atomic mass is 9.44. The maximum absolute atomic E-state index is 17.3. The van der Waals surface area contributed by atoms with Crippen molar-refractivity contribution in [1.82, 2.24) is 9.59 Å². The van der Waals surface area contributed by atoms with Crippen LogP contribution in [0, 0.1) is 28.6 Å². The van der Waals surface area contributed by atoms with E-state index in [0.717, 1.165) is 17.6 Å². The Balaban J connectivity index is 1.62. The third-order valence-electron chi connectivity index (χ3n) is 9.30. The molecule has 3 saturated carbocycles. The van der Waals surface area contributed by atoms with Gasteiger partial charge in [0.05, 0.1) is 12.3 Å². The summed E-state index contributed by atoms with van der Waals surface area (Å²) >= 11 is 4.93. The van der Waals surface area contributed by atoms with Crippen LogP contribution in [0.3, 0.4) is 0 Å². The van der Waals surface area contributed by atoms with Crippen molar-refractivity contribution in [3.05, 3.63) is 34.9 Å². The lowest BCUT2D eigenvalue weighted by molar-refractivity contribution is -0.221. The second-order valence-corrected chi connectivity index (χ2v) is 11.9. The topological polar surface area (TPSA) is 106 Å². The first-order valence-corrected chi connectivity index (χ1v) is 12.8. The van der Waals surface area contributed by atoms with Crippen LogP contribution in [0.1, 0.15) is 49.7 Å². The third-order valence-corrected chi connectivity index (χ3v) is 10.3. The van der Waals surface area contributed by atoms with Crippen LogP contribution in [0.2, 0.25) is 0 Å². The number of nitrogens with zero attached hydrogens (tertiary/aromatic N) is 2. The summed E-state index contributed by atoms with van der Waals surface area (Å²) in [6.07, 6.45) is 1.52. The van der Waals surface area contributed by atoms with Gasteiger partial charge in [-0.1, -0.05) is 24.4 Å². The van der Waals surface area contributed by atoms with E-state index < -0.39 is 69.0 Å². The Kier molecular flexibility index (Phi) is 5.48. The number of ketones is 1. The van der Waals surface area contributed by atoms with Crippen LogP contribution in [-0.4, -0.2) is 55.1 Å². The van der Waals surface area contributed by atoms with Gasteiger partial charge in [0, 0.05) is 22.7 Å². The predicted molar refractivity (Wildman–Crippen MR) is 125 cm³/mol. The molecule has 5 rings (SSSR count). The monoisotopic (exact) mass is 524 g/mol. The quantitative estimate of drug-likeness (QED) is 0.461. The Morgan fingerprint density at radius 3 is 2.63 bits per heavy atom. The zero-order valence-electron chi connectivity index (χ0n) is 19.4. The highest BCUT2D eigenvalue weighted by atomic mass is 32.1. The minimum Gasteiger partial charge on any atom is -0.445 e. The average Bonchev–Trinajstić information content (AvgIpc) is 3.39. The summed E-state index contributed by atoms with van der Waals surface area (Å²) in [5.74, 6) is -3.39. The Morgan fingerprint density at radius 2 is 2.00 bits per heavy atom. The number of esters is 1. The molecule has 1 N–H and O–H groups in total. The molecule has 1 aromatic rings. The van der Waals surface area contributed by atoms with Gasteiger partial charge in [0.1, 0.15) is 6.17 Å². The van der Waals surface area contributed by atoms with E-state index in [9.17, 15) is 19.5 Å². The van der Waals surface area contributed by atoms with Gasteiger partial charge in [-0.2, -0.15) is 0 Å². The number of carbonyl (C=O) groups is 3. The number of carbonyl (C=O) groups excluding carboxylic acids is 3. The summed E-state index contributed by atoms with van der Waals surface area (Å²) < 4.78 is 42.4. The van der Waals surface area contributed by atoms with Crippen molar-refractivity contribution in [3.8, 4) is 0 Å². The molecular weight excluding hydrogens is 498 g/mol. The number of thiol groups is 1. The van der Waals surface area contributed by atoms with Crippen LogP contribution in [-0.2, 0) is 14.3 Å². The van der Waals surface area contributed by atoms with Crippen molar-refractivity contribution in [3.63, 3.8) is 0 Å². The molecule has 0 aliphatic heterocycles. The summed E-state index contributed by atoms with van der Waals surface area (Å²) in [7, 11) is 0. The van der Waals surface area contributed by atoms with E-state index in [1.165, 1.54) is 25.3 Å². The molecule has 0 unspecified atom stereocenters. The summed E-state index contributed by atoms with van der Waals surface area (Å²) in [6.45, 7) is 4.93. The van der Waals surface area contributed by atoms with E-state index in [1.54, 1.807) is 13.8 Å². The van der Waals surface area contributed by atoms with E-state index in [4.69, 9.17) is 4.74 Å². The first-order valence-electron chi connectivity index (χ1n) is 11.5. The van der Waals surface area contributed by atoms with Crippen molar-refractivity contribution >= 4 is 41.0 Å². The molecule has 11 heteroatoms. The van der Waals surface area contributed by atoms with Crippen molar-refractivity contribution in [2.24, 2.45) is 28.6 Å². The largest absolute Gasteiger partial charge is 0.445 e. The van der Waals surface area contributed by atoms with Gasteiger partial charge in [0.25, 0.3) is 0 Å². The molecule has 35 heavy (non-hydrogen) atoms. The van der Waals surface area contributed by atoms with E-state index in [1.807, 2.05) is 0 Å².